The molecule has 2 rings (SSSR count). The van der Waals surface area contributed by atoms with Crippen molar-refractivity contribution in [2.24, 2.45) is 0 Å². The van der Waals surface area contributed by atoms with E-state index in [-0.39, 0.29) is 6.61 Å². The number of hydrogen-bond acceptors (Lipinski definition) is 4. The van der Waals surface area contributed by atoms with Gasteiger partial charge in [0.2, 0.25) is 0 Å². The molecule has 1 fully saturated rings. The maximum atomic E-state index is 9.29. The summed E-state index contributed by atoms with van der Waals surface area (Å²) in [7, 11) is 0. The molecule has 1 aromatic carbocycles. The Labute approximate surface area is 122 Å². The molecule has 0 aliphatic carbocycles. The zero-order valence-corrected chi connectivity index (χ0v) is 12.7. The molecule has 0 atom stereocenters. The van der Waals surface area contributed by atoms with E-state index >= 15 is 0 Å². The second-order valence-corrected chi connectivity index (χ2v) is 5.70. The molecule has 0 aromatic heterocycles. The summed E-state index contributed by atoms with van der Waals surface area (Å²) in [4.78, 5) is 4.52. The average molecular weight is 324 g/mol. The van der Waals surface area contributed by atoms with Crippen molar-refractivity contribution in [2.75, 3.05) is 44.2 Å². The third kappa shape index (κ3) is 3.27. The van der Waals surface area contributed by atoms with E-state index < -0.39 is 0 Å². The molecule has 0 radical (unpaired) electrons. The molecule has 0 bridgehead atoms. The van der Waals surface area contributed by atoms with Gasteiger partial charge in [-0.1, -0.05) is 15.9 Å². The summed E-state index contributed by atoms with van der Waals surface area (Å²) in [6.07, 6.45) is 0. The van der Waals surface area contributed by atoms with E-state index in [4.69, 9.17) is 5.11 Å². The number of rotatable bonds is 3. The second kappa shape index (κ2) is 6.38. The van der Waals surface area contributed by atoms with Crippen molar-refractivity contribution < 1.29 is 5.11 Å². The fourth-order valence-corrected chi connectivity index (χ4v) is 3.15. The summed E-state index contributed by atoms with van der Waals surface area (Å²) in [6.45, 7) is 6.65. The molecule has 1 aliphatic heterocycles. The number of piperazine rings is 1. The van der Waals surface area contributed by atoms with Gasteiger partial charge in [0.1, 0.15) is 6.07 Å². The van der Waals surface area contributed by atoms with Crippen molar-refractivity contribution in [3.05, 3.63) is 27.7 Å². The quantitative estimate of drug-likeness (QED) is 0.920. The van der Waals surface area contributed by atoms with E-state index in [0.29, 0.717) is 0 Å². The van der Waals surface area contributed by atoms with Crippen LogP contribution in [-0.2, 0) is 0 Å². The van der Waals surface area contributed by atoms with Crippen molar-refractivity contribution in [3.63, 3.8) is 0 Å². The van der Waals surface area contributed by atoms with Gasteiger partial charge < -0.3 is 10.0 Å². The average Bonchev–Trinajstić information content (AvgIpc) is 2.39. The zero-order valence-electron chi connectivity index (χ0n) is 11.1. The highest BCUT2D eigenvalue weighted by Gasteiger charge is 2.20. The van der Waals surface area contributed by atoms with Gasteiger partial charge in [0, 0.05) is 37.2 Å². The fourth-order valence-electron chi connectivity index (χ4n) is 2.58. The summed E-state index contributed by atoms with van der Waals surface area (Å²) >= 11 is 3.44. The Morgan fingerprint density at radius 1 is 1.32 bits per heavy atom. The molecule has 0 spiro atoms. The Morgan fingerprint density at radius 3 is 2.58 bits per heavy atom. The number of benzene rings is 1. The molecule has 1 aromatic rings. The highest BCUT2D eigenvalue weighted by atomic mass is 79.9. The zero-order chi connectivity index (χ0) is 13.8. The van der Waals surface area contributed by atoms with Gasteiger partial charge in [-0.15, -0.1) is 0 Å². The number of nitriles is 1. The van der Waals surface area contributed by atoms with Gasteiger partial charge in [0.05, 0.1) is 17.9 Å². The van der Waals surface area contributed by atoms with Crippen LogP contribution in [0.2, 0.25) is 0 Å². The maximum absolute atomic E-state index is 9.29. The lowest BCUT2D eigenvalue weighted by Gasteiger charge is -2.37. The minimum atomic E-state index is 0.209. The lowest BCUT2D eigenvalue weighted by Crippen LogP contribution is -2.47. The van der Waals surface area contributed by atoms with Crippen LogP contribution in [0, 0.1) is 18.3 Å². The minimum absolute atomic E-state index is 0.209. The normalized spacial score (nSPS) is 16.4. The van der Waals surface area contributed by atoms with Crippen LogP contribution in [0.15, 0.2) is 16.6 Å². The molecule has 1 heterocycles. The van der Waals surface area contributed by atoms with Crippen molar-refractivity contribution in [2.45, 2.75) is 6.92 Å². The van der Waals surface area contributed by atoms with Crippen molar-refractivity contribution in [3.8, 4) is 6.07 Å². The van der Waals surface area contributed by atoms with E-state index in [1.165, 1.54) is 0 Å². The number of aliphatic hydroxyl groups is 1. The van der Waals surface area contributed by atoms with Crippen LogP contribution in [0.1, 0.15) is 11.1 Å². The number of β-amino-alcohol motifs (C(OH)–C–C–N with tert-alkyl or cyclic N) is 1. The van der Waals surface area contributed by atoms with Crippen LogP contribution in [-0.4, -0.2) is 49.3 Å². The molecule has 1 N–H and O–H groups in total. The third-order valence-electron chi connectivity index (χ3n) is 3.49. The van der Waals surface area contributed by atoms with Crippen LogP contribution >= 0.6 is 15.9 Å². The summed E-state index contributed by atoms with van der Waals surface area (Å²) in [6, 6.07) is 6.21. The Morgan fingerprint density at radius 2 is 2.00 bits per heavy atom. The molecule has 4 nitrogen and oxygen atoms in total. The van der Waals surface area contributed by atoms with Crippen LogP contribution in [0.4, 0.5) is 5.69 Å². The number of anilines is 1. The largest absolute Gasteiger partial charge is 0.395 e. The van der Waals surface area contributed by atoms with Gasteiger partial charge >= 0.3 is 0 Å². The number of aryl methyl sites for hydroxylation is 1. The molecule has 1 aliphatic rings. The highest BCUT2D eigenvalue weighted by Crippen LogP contribution is 2.29. The SMILES string of the molecule is Cc1cc(Br)cc(C#N)c1N1CCN(CCO)CC1. The van der Waals surface area contributed by atoms with E-state index in [1.807, 2.05) is 13.0 Å². The first-order chi connectivity index (χ1) is 9.15. The molecule has 102 valence electrons. The molecule has 0 amide bonds. The van der Waals surface area contributed by atoms with Gasteiger partial charge in [-0.05, 0) is 24.6 Å². The van der Waals surface area contributed by atoms with E-state index in [2.05, 4.69) is 37.9 Å². The van der Waals surface area contributed by atoms with Crippen molar-refractivity contribution in [1.29, 1.82) is 5.26 Å². The predicted molar refractivity (Wildman–Crippen MR) is 79.3 cm³/mol. The molecule has 0 unspecified atom stereocenters. The number of halogens is 1. The van der Waals surface area contributed by atoms with E-state index in [1.54, 1.807) is 0 Å². The molecular weight excluding hydrogens is 306 g/mol. The second-order valence-electron chi connectivity index (χ2n) is 4.78. The first kappa shape index (κ1) is 14.3. The Bertz CT molecular complexity index is 490. The number of hydrogen-bond donors (Lipinski definition) is 1. The van der Waals surface area contributed by atoms with Gasteiger partial charge in [0.15, 0.2) is 0 Å². The van der Waals surface area contributed by atoms with Crippen LogP contribution in [0.5, 0.6) is 0 Å². The third-order valence-corrected chi connectivity index (χ3v) is 3.95. The maximum Gasteiger partial charge on any atom is 0.101 e. The topological polar surface area (TPSA) is 50.5 Å². The first-order valence-corrected chi connectivity index (χ1v) is 7.23. The lowest BCUT2D eigenvalue weighted by molar-refractivity contribution is 0.188. The summed E-state index contributed by atoms with van der Waals surface area (Å²) < 4.78 is 0.948. The standard InChI is InChI=1S/C14H18BrN3O/c1-11-8-13(15)9-12(10-16)14(11)18-4-2-17(3-5-18)6-7-19/h8-9,19H,2-7H2,1H3. The van der Waals surface area contributed by atoms with Crippen LogP contribution < -0.4 is 4.90 Å². The van der Waals surface area contributed by atoms with E-state index in [0.717, 1.165) is 54.0 Å². The van der Waals surface area contributed by atoms with Crippen molar-refractivity contribution >= 4 is 21.6 Å². The number of nitrogens with zero attached hydrogens (tertiary/aromatic N) is 3. The molecule has 5 heteroatoms. The molecule has 19 heavy (non-hydrogen) atoms. The van der Waals surface area contributed by atoms with Gasteiger partial charge in [-0.3, -0.25) is 4.90 Å². The van der Waals surface area contributed by atoms with Crippen LogP contribution in [0.3, 0.4) is 0 Å². The molecule has 1 saturated heterocycles. The fraction of sp³-hybridized carbons (Fsp3) is 0.500. The summed E-state index contributed by atoms with van der Waals surface area (Å²) in [5.74, 6) is 0. The van der Waals surface area contributed by atoms with Gasteiger partial charge in [-0.2, -0.15) is 5.26 Å². The predicted octanol–water partition coefficient (Wildman–Crippen LogP) is 1.74. The Hall–Kier alpha value is -1.09. The monoisotopic (exact) mass is 323 g/mol. The Balaban J connectivity index is 2.18. The molecule has 0 saturated carbocycles. The lowest BCUT2D eigenvalue weighted by atomic mass is 10.1. The van der Waals surface area contributed by atoms with Crippen molar-refractivity contribution in [1.82, 2.24) is 4.90 Å². The smallest absolute Gasteiger partial charge is 0.101 e. The van der Waals surface area contributed by atoms with Gasteiger partial charge in [-0.25, -0.2) is 0 Å². The summed E-state index contributed by atoms with van der Waals surface area (Å²) in [5.41, 5.74) is 2.90. The Kier molecular flexibility index (Phi) is 4.81. The minimum Gasteiger partial charge on any atom is -0.395 e. The number of aliphatic hydroxyl groups excluding tert-OH is 1. The van der Waals surface area contributed by atoms with E-state index in [9.17, 15) is 5.26 Å². The van der Waals surface area contributed by atoms with Crippen LogP contribution in [0.25, 0.3) is 0 Å². The molecular formula is C14H18BrN3O. The first-order valence-electron chi connectivity index (χ1n) is 6.44. The van der Waals surface area contributed by atoms with Gasteiger partial charge in [0.25, 0.3) is 0 Å². The highest BCUT2D eigenvalue weighted by molar-refractivity contribution is 9.10. The summed E-state index contributed by atoms with van der Waals surface area (Å²) in [5, 5.41) is 18.2.